The third-order valence-corrected chi connectivity index (χ3v) is 3.77. The van der Waals surface area contributed by atoms with Gasteiger partial charge in [0.15, 0.2) is 0 Å². The van der Waals surface area contributed by atoms with Gasteiger partial charge in [0.2, 0.25) is 0 Å². The fourth-order valence-electron chi connectivity index (χ4n) is 2.42. The van der Waals surface area contributed by atoms with Crippen LogP contribution in [0.4, 0.5) is 5.69 Å². The van der Waals surface area contributed by atoms with Gasteiger partial charge in [-0.1, -0.05) is 30.3 Å². The summed E-state index contributed by atoms with van der Waals surface area (Å²) in [6.07, 6.45) is 0. The number of rotatable bonds is 3. The average molecular weight is 293 g/mol. The zero-order chi connectivity index (χ0) is 15.7. The maximum absolute atomic E-state index is 10.7. The second kappa shape index (κ2) is 5.44. The van der Waals surface area contributed by atoms with Gasteiger partial charge < -0.3 is 0 Å². The summed E-state index contributed by atoms with van der Waals surface area (Å²) in [4.78, 5) is 10.3. The van der Waals surface area contributed by atoms with Crippen LogP contribution in [0.25, 0.3) is 16.9 Å². The first-order chi connectivity index (χ1) is 10.6. The molecule has 0 aliphatic heterocycles. The van der Waals surface area contributed by atoms with Crippen LogP contribution in [0.1, 0.15) is 11.3 Å². The van der Waals surface area contributed by atoms with Crippen LogP contribution in [-0.4, -0.2) is 14.7 Å². The molecular weight excluding hydrogens is 278 g/mol. The van der Waals surface area contributed by atoms with Crippen LogP contribution in [0.15, 0.2) is 54.6 Å². The second-order valence-electron chi connectivity index (χ2n) is 5.11. The second-order valence-corrected chi connectivity index (χ2v) is 5.11. The Morgan fingerprint density at radius 2 is 1.64 bits per heavy atom. The maximum atomic E-state index is 10.7. The summed E-state index contributed by atoms with van der Waals surface area (Å²) in [5.74, 6) is 0. The first-order valence-electron chi connectivity index (χ1n) is 6.94. The predicted octanol–water partition coefficient (Wildman–Crippen LogP) is 4.06. The molecule has 110 valence electrons. The molecule has 0 saturated heterocycles. The van der Waals surface area contributed by atoms with Crippen LogP contribution in [0, 0.1) is 24.0 Å². The molecule has 0 saturated carbocycles. The molecule has 2 aromatic carbocycles. The van der Waals surface area contributed by atoms with E-state index in [0.717, 1.165) is 28.2 Å². The highest BCUT2D eigenvalue weighted by Crippen LogP contribution is 2.26. The van der Waals surface area contributed by atoms with Gasteiger partial charge in [-0.25, -0.2) is 4.68 Å². The number of nitro groups is 1. The Hall–Kier alpha value is -2.95. The zero-order valence-corrected chi connectivity index (χ0v) is 12.4. The van der Waals surface area contributed by atoms with Crippen molar-refractivity contribution >= 4 is 5.69 Å². The van der Waals surface area contributed by atoms with Crippen LogP contribution in [0.3, 0.4) is 0 Å². The van der Waals surface area contributed by atoms with E-state index in [-0.39, 0.29) is 5.69 Å². The minimum atomic E-state index is -0.402. The lowest BCUT2D eigenvalue weighted by molar-refractivity contribution is -0.384. The van der Waals surface area contributed by atoms with Gasteiger partial charge in [-0.3, -0.25) is 10.1 Å². The normalized spacial score (nSPS) is 10.6. The molecule has 0 radical (unpaired) electrons. The van der Waals surface area contributed by atoms with Crippen molar-refractivity contribution in [2.24, 2.45) is 0 Å². The lowest BCUT2D eigenvalue weighted by atomic mass is 10.1. The largest absolute Gasteiger partial charge is 0.269 e. The Kier molecular flexibility index (Phi) is 3.47. The van der Waals surface area contributed by atoms with Gasteiger partial charge >= 0.3 is 0 Å². The third kappa shape index (κ3) is 2.37. The van der Waals surface area contributed by atoms with E-state index in [1.165, 1.54) is 12.1 Å². The molecule has 1 heterocycles. The Labute approximate surface area is 128 Å². The average Bonchev–Trinajstić information content (AvgIpc) is 2.84. The topological polar surface area (TPSA) is 61.0 Å². The molecule has 0 N–H and O–H groups in total. The minimum Gasteiger partial charge on any atom is -0.258 e. The number of hydrogen-bond acceptors (Lipinski definition) is 3. The smallest absolute Gasteiger partial charge is 0.258 e. The summed E-state index contributed by atoms with van der Waals surface area (Å²) in [6, 6.07) is 16.4. The minimum absolute atomic E-state index is 0.0774. The molecule has 0 unspecified atom stereocenters. The molecule has 5 heteroatoms. The van der Waals surface area contributed by atoms with E-state index < -0.39 is 4.92 Å². The lowest BCUT2D eigenvalue weighted by Crippen LogP contribution is -1.99. The standard InChI is InChI=1S/C17H15N3O2/c1-12-13(2)19(15-8-10-16(11-9-15)20(21)22)18-17(12)14-6-4-3-5-7-14/h3-11H,1-2H3. The van der Waals surface area contributed by atoms with Crippen LogP contribution >= 0.6 is 0 Å². The number of nitro benzene ring substituents is 1. The molecule has 0 fully saturated rings. The molecule has 3 rings (SSSR count). The van der Waals surface area contributed by atoms with Crippen LogP contribution in [0.2, 0.25) is 0 Å². The molecule has 1 aromatic heterocycles. The van der Waals surface area contributed by atoms with Crippen molar-refractivity contribution in [2.45, 2.75) is 13.8 Å². The van der Waals surface area contributed by atoms with Crippen molar-refractivity contribution in [3.8, 4) is 16.9 Å². The molecule has 0 atom stereocenters. The molecule has 22 heavy (non-hydrogen) atoms. The van der Waals surface area contributed by atoms with E-state index in [1.54, 1.807) is 12.1 Å². The van der Waals surface area contributed by atoms with Crippen molar-refractivity contribution in [3.05, 3.63) is 76.0 Å². The first-order valence-corrected chi connectivity index (χ1v) is 6.94. The summed E-state index contributed by atoms with van der Waals surface area (Å²) in [5.41, 5.74) is 5.00. The number of hydrogen-bond donors (Lipinski definition) is 0. The van der Waals surface area contributed by atoms with E-state index in [0.29, 0.717) is 0 Å². The van der Waals surface area contributed by atoms with Crippen molar-refractivity contribution < 1.29 is 4.92 Å². The highest BCUT2D eigenvalue weighted by atomic mass is 16.6. The summed E-state index contributed by atoms with van der Waals surface area (Å²) in [7, 11) is 0. The molecule has 0 amide bonds. The van der Waals surface area contributed by atoms with E-state index in [1.807, 2.05) is 48.9 Å². The van der Waals surface area contributed by atoms with Crippen molar-refractivity contribution in [1.29, 1.82) is 0 Å². The van der Waals surface area contributed by atoms with Gasteiger partial charge in [0.05, 0.1) is 16.3 Å². The number of benzene rings is 2. The van der Waals surface area contributed by atoms with Crippen molar-refractivity contribution in [1.82, 2.24) is 9.78 Å². The lowest BCUT2D eigenvalue weighted by Gasteiger charge is -2.03. The Morgan fingerprint density at radius 1 is 1.00 bits per heavy atom. The zero-order valence-electron chi connectivity index (χ0n) is 12.4. The summed E-state index contributed by atoms with van der Waals surface area (Å²) >= 11 is 0. The van der Waals surface area contributed by atoms with E-state index in [2.05, 4.69) is 5.10 Å². The van der Waals surface area contributed by atoms with Crippen LogP contribution < -0.4 is 0 Å². The number of aromatic nitrogens is 2. The van der Waals surface area contributed by atoms with Gasteiger partial charge in [0.1, 0.15) is 0 Å². The summed E-state index contributed by atoms with van der Waals surface area (Å²) < 4.78 is 1.82. The molecule has 3 aromatic rings. The first kappa shape index (κ1) is 14.0. The molecule has 0 bridgehead atoms. The SMILES string of the molecule is Cc1c(-c2ccccc2)nn(-c2ccc([N+](=O)[O-])cc2)c1C. The quantitative estimate of drug-likeness (QED) is 0.540. The highest BCUT2D eigenvalue weighted by Gasteiger charge is 2.14. The van der Waals surface area contributed by atoms with Gasteiger partial charge in [0, 0.05) is 23.4 Å². The summed E-state index contributed by atoms with van der Waals surface area (Å²) in [5, 5.41) is 15.4. The van der Waals surface area contributed by atoms with Gasteiger partial charge in [0.25, 0.3) is 5.69 Å². The van der Waals surface area contributed by atoms with E-state index >= 15 is 0 Å². The van der Waals surface area contributed by atoms with Gasteiger partial charge in [-0.05, 0) is 31.5 Å². The molecule has 0 aliphatic carbocycles. The summed E-state index contributed by atoms with van der Waals surface area (Å²) in [6.45, 7) is 4.03. The molecule has 0 aliphatic rings. The molecular formula is C17H15N3O2. The van der Waals surface area contributed by atoms with Gasteiger partial charge in [-0.15, -0.1) is 0 Å². The Morgan fingerprint density at radius 3 is 2.23 bits per heavy atom. The third-order valence-electron chi connectivity index (χ3n) is 3.77. The number of nitrogens with zero attached hydrogens (tertiary/aromatic N) is 3. The Bertz CT molecular complexity index is 821. The number of non-ortho nitro benzene ring substituents is 1. The molecule has 0 spiro atoms. The Balaban J connectivity index is 2.07. The fourth-order valence-corrected chi connectivity index (χ4v) is 2.42. The van der Waals surface area contributed by atoms with Crippen molar-refractivity contribution in [2.75, 3.05) is 0 Å². The monoisotopic (exact) mass is 293 g/mol. The fraction of sp³-hybridized carbons (Fsp3) is 0.118. The van der Waals surface area contributed by atoms with Crippen LogP contribution in [0.5, 0.6) is 0 Å². The van der Waals surface area contributed by atoms with E-state index in [4.69, 9.17) is 0 Å². The van der Waals surface area contributed by atoms with Gasteiger partial charge in [-0.2, -0.15) is 5.10 Å². The maximum Gasteiger partial charge on any atom is 0.269 e. The van der Waals surface area contributed by atoms with E-state index in [9.17, 15) is 10.1 Å². The predicted molar refractivity (Wildman–Crippen MR) is 85.1 cm³/mol. The van der Waals surface area contributed by atoms with Crippen LogP contribution in [-0.2, 0) is 0 Å². The van der Waals surface area contributed by atoms with Crippen molar-refractivity contribution in [3.63, 3.8) is 0 Å². The molecule has 5 nitrogen and oxygen atoms in total. The highest BCUT2D eigenvalue weighted by molar-refractivity contribution is 5.64.